The Bertz CT molecular complexity index is 3100. The number of pyridine rings is 1. The second-order valence-electron chi connectivity index (χ2n) is 13.5. The van der Waals surface area contributed by atoms with E-state index in [9.17, 15) is 0 Å². The zero-order valence-electron chi connectivity index (χ0n) is 27.9. The molecule has 0 N–H and O–H groups in total. The number of para-hydroxylation sites is 1. The van der Waals surface area contributed by atoms with E-state index < -0.39 is 8.07 Å². The Morgan fingerprint density at radius 2 is 0.923 bits per heavy atom. The quantitative estimate of drug-likeness (QED) is 0.133. The number of nitrogens with zero attached hydrogens (tertiary/aromatic N) is 1. The van der Waals surface area contributed by atoms with Gasteiger partial charge in [0.25, 0.3) is 0 Å². The van der Waals surface area contributed by atoms with Gasteiger partial charge in [-0.25, -0.2) is 0 Å². The van der Waals surface area contributed by atoms with Crippen LogP contribution in [-0.2, 0) is 0 Å². The van der Waals surface area contributed by atoms with Crippen LogP contribution in [0.25, 0.3) is 75.3 Å². The largest absolute Gasteiger partial charge is 0.456 e. The van der Waals surface area contributed by atoms with Gasteiger partial charge in [0.05, 0.1) is 10.2 Å². The molecule has 0 aliphatic heterocycles. The van der Waals surface area contributed by atoms with Crippen molar-refractivity contribution in [2.75, 3.05) is 0 Å². The number of thiophene rings is 1. The van der Waals surface area contributed by atoms with Crippen LogP contribution in [0.15, 0.2) is 185 Å². The van der Waals surface area contributed by atoms with Crippen molar-refractivity contribution in [3.63, 3.8) is 0 Å². The zero-order valence-corrected chi connectivity index (χ0v) is 29.7. The van der Waals surface area contributed by atoms with Crippen molar-refractivity contribution in [2.24, 2.45) is 0 Å². The molecule has 0 amide bonds. The van der Waals surface area contributed by atoms with E-state index in [0.717, 1.165) is 60.5 Å². The molecular formula is C47H29NO2SSi. The number of rotatable bonds is 5. The lowest BCUT2D eigenvalue weighted by atomic mass is 10.0. The molecule has 0 bridgehead atoms. The first kappa shape index (κ1) is 29.5. The number of hydrogen-bond acceptors (Lipinski definition) is 4. The first-order valence-electron chi connectivity index (χ1n) is 17.5. The second kappa shape index (κ2) is 11.4. The van der Waals surface area contributed by atoms with Gasteiger partial charge in [0.2, 0.25) is 0 Å². The summed E-state index contributed by atoms with van der Waals surface area (Å²) in [6.07, 6.45) is 1.90. The lowest BCUT2D eigenvalue weighted by Gasteiger charge is -2.34. The number of benzene rings is 7. The first-order chi connectivity index (χ1) is 25.7. The lowest BCUT2D eigenvalue weighted by Crippen LogP contribution is -2.74. The molecule has 0 saturated carbocycles. The molecule has 4 aromatic heterocycles. The second-order valence-corrected chi connectivity index (χ2v) is 18.4. The molecule has 52 heavy (non-hydrogen) atoms. The average molecular weight is 700 g/mol. The highest BCUT2D eigenvalue weighted by molar-refractivity contribution is 7.26. The highest BCUT2D eigenvalue weighted by Gasteiger charge is 2.42. The third-order valence-corrected chi connectivity index (χ3v) is 16.6. The first-order valence-corrected chi connectivity index (χ1v) is 20.3. The topological polar surface area (TPSA) is 39.2 Å². The van der Waals surface area contributed by atoms with Gasteiger partial charge in [-0.15, -0.1) is 11.3 Å². The molecule has 4 heterocycles. The van der Waals surface area contributed by atoms with Crippen LogP contribution in [0, 0.1) is 0 Å². The third kappa shape index (κ3) is 4.33. The van der Waals surface area contributed by atoms with Crippen molar-refractivity contribution in [1.82, 2.24) is 4.98 Å². The Labute approximate surface area is 304 Å². The summed E-state index contributed by atoms with van der Waals surface area (Å²) in [6, 6.07) is 61.7. The number of furan rings is 2. The predicted octanol–water partition coefficient (Wildman–Crippen LogP) is 10.3. The van der Waals surface area contributed by atoms with E-state index in [2.05, 4.69) is 152 Å². The minimum atomic E-state index is -2.86. The number of hydrogen-bond donors (Lipinski definition) is 0. The number of fused-ring (bicyclic) bond motifs is 9. The Kier molecular flexibility index (Phi) is 6.44. The minimum Gasteiger partial charge on any atom is -0.456 e. The zero-order chi connectivity index (χ0) is 34.2. The van der Waals surface area contributed by atoms with Crippen molar-refractivity contribution in [3.05, 3.63) is 176 Å². The van der Waals surface area contributed by atoms with Crippen LogP contribution in [0.5, 0.6) is 0 Å². The van der Waals surface area contributed by atoms with E-state index in [0.29, 0.717) is 0 Å². The van der Waals surface area contributed by atoms with Crippen LogP contribution in [0.2, 0.25) is 0 Å². The summed E-state index contributed by atoms with van der Waals surface area (Å²) in [5.74, 6) is 0. The highest BCUT2D eigenvalue weighted by atomic mass is 32.1. The molecule has 5 heteroatoms. The van der Waals surface area contributed by atoms with Gasteiger partial charge in [0.15, 0.2) is 8.07 Å². The van der Waals surface area contributed by atoms with Gasteiger partial charge in [-0.3, -0.25) is 4.98 Å². The molecule has 3 nitrogen and oxygen atoms in total. The Hall–Kier alpha value is -6.27. The maximum atomic E-state index is 6.53. The van der Waals surface area contributed by atoms with E-state index in [1.807, 2.05) is 35.7 Å². The third-order valence-electron chi connectivity index (χ3n) is 10.7. The van der Waals surface area contributed by atoms with Gasteiger partial charge in [0, 0.05) is 37.8 Å². The lowest BCUT2D eigenvalue weighted by molar-refractivity contribution is 0.668. The number of aromatic nitrogens is 1. The van der Waals surface area contributed by atoms with Crippen molar-refractivity contribution in [1.29, 1.82) is 0 Å². The van der Waals surface area contributed by atoms with Crippen LogP contribution < -0.4 is 20.7 Å². The molecule has 11 rings (SSSR count). The summed E-state index contributed by atoms with van der Waals surface area (Å²) in [5, 5.41) is 11.0. The van der Waals surface area contributed by atoms with E-state index in [1.165, 1.54) is 35.5 Å². The van der Waals surface area contributed by atoms with Gasteiger partial charge in [-0.1, -0.05) is 115 Å². The fourth-order valence-corrected chi connectivity index (χ4v) is 14.1. The van der Waals surface area contributed by atoms with Gasteiger partial charge in [-0.2, -0.15) is 0 Å². The average Bonchev–Trinajstić information content (AvgIpc) is 3.89. The molecule has 0 unspecified atom stereocenters. The standard InChI is InChI=1S/C47H29NO2SSi/c1-3-10-32(11-4-1)52(33-12-5-2-6-13-33,35-20-24-45-40(29-35)47-46(51-45)16-9-25-48-47)34-19-23-44-39(28-34)38-27-31(18-22-43(38)50-44)30-17-21-42-37(26-30)36-14-7-8-15-41(36)49-42/h1-29H. The maximum Gasteiger partial charge on any atom is 0.179 e. The van der Waals surface area contributed by atoms with Gasteiger partial charge in [0.1, 0.15) is 22.3 Å². The molecular weight excluding hydrogens is 671 g/mol. The molecule has 0 aliphatic carbocycles. The van der Waals surface area contributed by atoms with E-state index in [1.54, 1.807) is 0 Å². The Morgan fingerprint density at radius 3 is 1.62 bits per heavy atom. The van der Waals surface area contributed by atoms with Crippen molar-refractivity contribution in [3.8, 4) is 11.1 Å². The molecule has 0 radical (unpaired) electrons. The smallest absolute Gasteiger partial charge is 0.179 e. The minimum absolute atomic E-state index is 0.884. The van der Waals surface area contributed by atoms with Crippen LogP contribution in [-0.4, -0.2) is 13.1 Å². The Balaban J connectivity index is 1.17. The van der Waals surface area contributed by atoms with E-state index >= 15 is 0 Å². The normalized spacial score (nSPS) is 12.2. The van der Waals surface area contributed by atoms with E-state index in [-0.39, 0.29) is 0 Å². The summed E-state index contributed by atoms with van der Waals surface area (Å²) in [7, 11) is -2.86. The van der Waals surface area contributed by atoms with Gasteiger partial charge >= 0.3 is 0 Å². The molecule has 0 saturated heterocycles. The Morgan fingerprint density at radius 1 is 0.385 bits per heavy atom. The van der Waals surface area contributed by atoms with Crippen LogP contribution >= 0.6 is 11.3 Å². The summed E-state index contributed by atoms with van der Waals surface area (Å²) < 4.78 is 15.1. The molecule has 0 fully saturated rings. The monoisotopic (exact) mass is 699 g/mol. The van der Waals surface area contributed by atoms with Crippen LogP contribution in [0.3, 0.4) is 0 Å². The van der Waals surface area contributed by atoms with Gasteiger partial charge < -0.3 is 8.83 Å². The fourth-order valence-electron chi connectivity index (χ4n) is 8.30. The summed E-state index contributed by atoms with van der Waals surface area (Å²) in [4.78, 5) is 4.85. The molecule has 244 valence electrons. The maximum absolute atomic E-state index is 6.53. The van der Waals surface area contributed by atoms with Gasteiger partial charge in [-0.05, 0) is 86.5 Å². The summed E-state index contributed by atoms with van der Waals surface area (Å²) >= 11 is 1.81. The van der Waals surface area contributed by atoms with Crippen molar-refractivity contribution >= 4 is 104 Å². The van der Waals surface area contributed by atoms with Crippen LogP contribution in [0.4, 0.5) is 0 Å². The summed E-state index contributed by atoms with van der Waals surface area (Å²) in [5.41, 5.74) is 6.94. The molecule has 0 aliphatic rings. The van der Waals surface area contributed by atoms with E-state index in [4.69, 9.17) is 13.8 Å². The van der Waals surface area contributed by atoms with Crippen molar-refractivity contribution < 1.29 is 8.83 Å². The fraction of sp³-hybridized carbons (Fsp3) is 0. The molecule has 11 aromatic rings. The molecule has 0 atom stereocenters. The summed E-state index contributed by atoms with van der Waals surface area (Å²) in [6.45, 7) is 0. The SMILES string of the molecule is c1ccc([Si](c2ccccc2)(c2ccc3oc4ccc(-c5ccc6oc7ccccc7c6c5)cc4c3c2)c2ccc3sc4cccnc4c3c2)cc1. The molecule has 0 spiro atoms. The van der Waals surface area contributed by atoms with Crippen LogP contribution in [0.1, 0.15) is 0 Å². The molecule has 7 aromatic carbocycles. The predicted molar refractivity (Wildman–Crippen MR) is 221 cm³/mol. The van der Waals surface area contributed by atoms with Crippen molar-refractivity contribution in [2.45, 2.75) is 0 Å². The highest BCUT2D eigenvalue weighted by Crippen LogP contribution is 2.36.